The van der Waals surface area contributed by atoms with E-state index in [4.69, 9.17) is 37.8 Å². The molecule has 1 aliphatic carbocycles. The van der Waals surface area contributed by atoms with Gasteiger partial charge in [0.15, 0.2) is 5.75 Å². The number of aromatic nitrogens is 2. The number of nitrogens with one attached hydrogen (secondary N) is 1. The molecule has 8 nitrogen and oxygen atoms in total. The number of likely N-dealkylation sites (tertiary alicyclic amines) is 1. The number of fused-ring (bicyclic) bond motifs is 6. The van der Waals surface area contributed by atoms with E-state index >= 15 is 4.39 Å². The molecular formula is C33H29Cl2FN4O4. The van der Waals surface area contributed by atoms with Gasteiger partial charge in [-0.25, -0.2) is 9.18 Å². The highest BCUT2D eigenvalue weighted by Crippen LogP contribution is 2.60. The lowest BCUT2D eigenvalue weighted by atomic mass is 9.71. The monoisotopic (exact) mass is 634 g/mol. The molecule has 0 radical (unpaired) electrons. The van der Waals surface area contributed by atoms with E-state index in [1.54, 1.807) is 24.3 Å². The average molecular weight is 636 g/mol. The fourth-order valence-electron chi connectivity index (χ4n) is 8.00. The smallest absolute Gasteiger partial charge is 0.341 e. The van der Waals surface area contributed by atoms with Crippen molar-refractivity contribution in [2.75, 3.05) is 26.1 Å². The Hall–Kier alpha value is -3.66. The number of nitrogens with zero attached hydrogens (tertiary/aromatic N) is 3. The maximum Gasteiger partial charge on any atom is 0.341 e. The van der Waals surface area contributed by atoms with Crippen molar-refractivity contribution >= 4 is 51.7 Å². The largest absolute Gasteiger partial charge is 0.493 e. The molecule has 4 aliphatic rings. The van der Waals surface area contributed by atoms with E-state index in [1.807, 2.05) is 22.9 Å². The van der Waals surface area contributed by atoms with Gasteiger partial charge in [-0.3, -0.25) is 14.4 Å². The quantitative estimate of drug-likeness (QED) is 0.264. The number of benzene rings is 3. The minimum atomic E-state index is -1.11. The summed E-state index contributed by atoms with van der Waals surface area (Å²) in [4.78, 5) is 29.5. The zero-order chi connectivity index (χ0) is 30.5. The standard InChI is InChI=1S/C33H29Cl2FN4O4/c1-43-30-21(31(41)44-2)11-10-19-24-13-25-29(40(24)38-28(19)30)26(20-4-3-5-22(35)27(20)36)33(39(25)15-16-6-7-16)14-17-8-9-18(34)12-23(17)37-32(33)42/h3-5,8-12,16,25-26,29H,6-7,13-15H2,1-2H3,(H,37,42)/t25-,26-,29+,33+/m0/s1. The summed E-state index contributed by atoms with van der Waals surface area (Å²) < 4.78 is 28.8. The van der Waals surface area contributed by atoms with Crippen molar-refractivity contribution in [2.24, 2.45) is 5.92 Å². The van der Waals surface area contributed by atoms with E-state index in [2.05, 4.69) is 10.2 Å². The number of amides is 1. The number of carbonyl (C=O) groups is 2. The van der Waals surface area contributed by atoms with E-state index in [9.17, 15) is 9.59 Å². The molecule has 3 aliphatic heterocycles. The van der Waals surface area contributed by atoms with E-state index < -0.39 is 29.3 Å². The second kappa shape index (κ2) is 9.92. The van der Waals surface area contributed by atoms with Crippen LogP contribution < -0.4 is 10.1 Å². The van der Waals surface area contributed by atoms with Gasteiger partial charge in [0.25, 0.3) is 0 Å². The Kier molecular flexibility index (Phi) is 6.28. The third-order valence-corrected chi connectivity index (χ3v) is 10.6. The molecule has 0 bridgehead atoms. The van der Waals surface area contributed by atoms with Crippen LogP contribution in [-0.2, 0) is 22.4 Å². The predicted octanol–water partition coefficient (Wildman–Crippen LogP) is 6.19. The summed E-state index contributed by atoms with van der Waals surface area (Å²) in [6.07, 6.45) is 3.16. The molecule has 2 fully saturated rings. The van der Waals surface area contributed by atoms with Crippen molar-refractivity contribution in [3.05, 3.63) is 86.8 Å². The molecule has 0 unspecified atom stereocenters. The van der Waals surface area contributed by atoms with Crippen LogP contribution in [0.3, 0.4) is 0 Å². The number of methoxy groups -OCH3 is 2. The van der Waals surface area contributed by atoms with Crippen LogP contribution in [0.15, 0.2) is 48.5 Å². The minimum Gasteiger partial charge on any atom is -0.493 e. The van der Waals surface area contributed by atoms with E-state index in [-0.39, 0.29) is 22.5 Å². The zero-order valence-electron chi connectivity index (χ0n) is 24.1. The number of carbonyl (C=O) groups excluding carboxylic acids is 2. The van der Waals surface area contributed by atoms with Gasteiger partial charge in [0, 0.05) is 53.1 Å². The Morgan fingerprint density at radius 2 is 1.98 bits per heavy atom. The second-order valence-corrected chi connectivity index (χ2v) is 13.1. The van der Waals surface area contributed by atoms with Crippen LogP contribution >= 0.6 is 23.2 Å². The molecule has 1 aromatic heterocycles. The molecule has 1 saturated carbocycles. The van der Waals surface area contributed by atoms with Crippen molar-refractivity contribution in [1.29, 1.82) is 0 Å². The normalized spacial score (nSPS) is 25.6. The predicted molar refractivity (Wildman–Crippen MR) is 164 cm³/mol. The zero-order valence-corrected chi connectivity index (χ0v) is 25.6. The second-order valence-electron chi connectivity index (χ2n) is 12.3. The van der Waals surface area contributed by atoms with Crippen LogP contribution in [0.4, 0.5) is 10.1 Å². The molecule has 4 aromatic rings. The maximum absolute atomic E-state index is 16.2. The van der Waals surface area contributed by atoms with Gasteiger partial charge in [-0.15, -0.1) is 0 Å². The number of hydrogen-bond acceptors (Lipinski definition) is 6. The van der Waals surface area contributed by atoms with E-state index in [1.165, 1.54) is 20.3 Å². The highest BCUT2D eigenvalue weighted by Gasteiger charge is 2.67. The molecule has 8 rings (SSSR count). The highest BCUT2D eigenvalue weighted by atomic mass is 35.5. The fraction of sp³-hybridized carbons (Fsp3) is 0.364. The number of anilines is 1. The Morgan fingerprint density at radius 1 is 1.16 bits per heavy atom. The SMILES string of the molecule is COC(=O)c1ccc2c3n(nc2c1OC)[C@@H]1[C@H](C3)N(CC2CC2)[C@]2(Cc3ccc(Cl)cc3NC2=O)[C@H]1c1cccc(Cl)c1F. The van der Waals surface area contributed by atoms with Crippen molar-refractivity contribution < 1.29 is 23.5 Å². The van der Waals surface area contributed by atoms with Gasteiger partial charge in [-0.05, 0) is 60.2 Å². The molecule has 1 saturated heterocycles. The lowest BCUT2D eigenvalue weighted by Gasteiger charge is -2.46. The molecule has 1 N–H and O–H groups in total. The average Bonchev–Trinajstić information content (AvgIpc) is 3.60. The molecule has 1 amide bonds. The van der Waals surface area contributed by atoms with Crippen molar-refractivity contribution in [1.82, 2.24) is 14.7 Å². The summed E-state index contributed by atoms with van der Waals surface area (Å²) >= 11 is 12.7. The van der Waals surface area contributed by atoms with Gasteiger partial charge >= 0.3 is 5.97 Å². The van der Waals surface area contributed by atoms with E-state index in [0.717, 1.165) is 36.0 Å². The molecule has 4 atom stereocenters. The summed E-state index contributed by atoms with van der Waals surface area (Å²) in [7, 11) is 2.82. The molecule has 4 heterocycles. The van der Waals surface area contributed by atoms with Crippen LogP contribution in [0.1, 0.15) is 52.0 Å². The van der Waals surface area contributed by atoms with Crippen LogP contribution in [0.25, 0.3) is 10.9 Å². The van der Waals surface area contributed by atoms with Gasteiger partial charge in [0.1, 0.15) is 22.4 Å². The number of halogens is 3. The third-order valence-electron chi connectivity index (χ3n) is 10.0. The van der Waals surface area contributed by atoms with Gasteiger partial charge in [0.2, 0.25) is 5.91 Å². The van der Waals surface area contributed by atoms with Crippen molar-refractivity contribution in [2.45, 2.75) is 49.2 Å². The maximum atomic E-state index is 16.2. The molecule has 44 heavy (non-hydrogen) atoms. The highest BCUT2D eigenvalue weighted by molar-refractivity contribution is 6.31. The summed E-state index contributed by atoms with van der Waals surface area (Å²) in [6.45, 7) is 0.717. The Balaban J connectivity index is 1.38. The van der Waals surface area contributed by atoms with E-state index in [0.29, 0.717) is 46.3 Å². The fourth-order valence-corrected chi connectivity index (χ4v) is 8.36. The Bertz CT molecular complexity index is 1890. The lowest BCUT2D eigenvalue weighted by molar-refractivity contribution is -0.129. The van der Waals surface area contributed by atoms with Crippen LogP contribution in [0.5, 0.6) is 5.75 Å². The topological polar surface area (TPSA) is 85.7 Å². The van der Waals surface area contributed by atoms with Gasteiger partial charge in [-0.2, -0.15) is 5.10 Å². The first kappa shape index (κ1) is 27.9. The van der Waals surface area contributed by atoms with Gasteiger partial charge in [-0.1, -0.05) is 41.4 Å². The molecule has 3 aromatic carbocycles. The minimum absolute atomic E-state index is 0.00600. The first-order valence-electron chi connectivity index (χ1n) is 14.7. The summed E-state index contributed by atoms with van der Waals surface area (Å²) in [5.41, 5.74) is 2.64. The van der Waals surface area contributed by atoms with Crippen LogP contribution in [0.2, 0.25) is 10.0 Å². The first-order valence-corrected chi connectivity index (χ1v) is 15.5. The molecule has 1 spiro atoms. The Labute approximate surface area is 263 Å². The summed E-state index contributed by atoms with van der Waals surface area (Å²) in [5.74, 6) is -1.09. The summed E-state index contributed by atoms with van der Waals surface area (Å²) in [6, 6.07) is 13.6. The van der Waals surface area contributed by atoms with Gasteiger partial charge in [0.05, 0.1) is 25.3 Å². The Morgan fingerprint density at radius 3 is 2.73 bits per heavy atom. The van der Waals surface area contributed by atoms with Crippen molar-refractivity contribution in [3.63, 3.8) is 0 Å². The summed E-state index contributed by atoms with van der Waals surface area (Å²) in [5, 5.41) is 9.59. The number of rotatable bonds is 5. The number of esters is 1. The number of ether oxygens (including phenoxy) is 2. The van der Waals surface area contributed by atoms with Crippen LogP contribution in [0, 0.1) is 11.7 Å². The molecular weight excluding hydrogens is 606 g/mol. The lowest BCUT2D eigenvalue weighted by Crippen LogP contribution is -2.61. The van der Waals surface area contributed by atoms with Crippen LogP contribution in [-0.4, -0.2) is 58.9 Å². The number of hydrogen-bond donors (Lipinski definition) is 1. The first-order chi connectivity index (χ1) is 21.3. The van der Waals surface area contributed by atoms with Gasteiger partial charge < -0.3 is 14.8 Å². The molecule has 226 valence electrons. The van der Waals surface area contributed by atoms with Crippen molar-refractivity contribution in [3.8, 4) is 5.75 Å². The molecule has 11 heteroatoms. The third kappa shape index (κ3) is 3.82.